The number of rotatable bonds is 4. The molecule has 2 amide bonds. The normalized spacial score (nSPS) is 26.3. The number of nitrogens with zero attached hydrogens (tertiary/aromatic N) is 3. The van der Waals surface area contributed by atoms with Crippen LogP contribution in [0.5, 0.6) is 0 Å². The number of urea groups is 1. The van der Waals surface area contributed by atoms with Gasteiger partial charge in [-0.2, -0.15) is 5.10 Å². The molecule has 2 atom stereocenters. The van der Waals surface area contributed by atoms with Gasteiger partial charge in [0.1, 0.15) is 5.82 Å². The Hall–Kier alpha value is -2.83. The number of benzene rings is 1. The van der Waals surface area contributed by atoms with Crippen LogP contribution in [0.2, 0.25) is 0 Å². The Balaban J connectivity index is 1.39. The van der Waals surface area contributed by atoms with E-state index in [1.54, 1.807) is 9.58 Å². The van der Waals surface area contributed by atoms with Gasteiger partial charge >= 0.3 is 12.0 Å². The van der Waals surface area contributed by atoms with Crippen LogP contribution in [0.4, 0.5) is 10.6 Å². The predicted molar refractivity (Wildman–Crippen MR) is 104 cm³/mol. The molecule has 0 unspecified atom stereocenters. The van der Waals surface area contributed by atoms with Gasteiger partial charge in [0.25, 0.3) is 0 Å². The second kappa shape index (κ2) is 6.36. The van der Waals surface area contributed by atoms with Crippen LogP contribution >= 0.6 is 0 Å². The van der Waals surface area contributed by atoms with Crippen molar-refractivity contribution in [2.24, 2.45) is 11.3 Å². The maximum Gasteiger partial charge on any atom is 0.323 e. The van der Waals surface area contributed by atoms with Crippen LogP contribution in [-0.4, -0.2) is 44.9 Å². The summed E-state index contributed by atoms with van der Waals surface area (Å²) in [4.78, 5) is 26.5. The van der Waals surface area contributed by atoms with E-state index in [9.17, 15) is 14.7 Å². The van der Waals surface area contributed by atoms with E-state index in [1.165, 1.54) is 0 Å². The first-order valence-corrected chi connectivity index (χ1v) is 10.0. The van der Waals surface area contributed by atoms with Crippen LogP contribution in [0.15, 0.2) is 36.4 Å². The number of aromatic nitrogens is 2. The highest BCUT2D eigenvalue weighted by atomic mass is 16.4. The van der Waals surface area contributed by atoms with E-state index in [0.717, 1.165) is 37.1 Å². The second-order valence-corrected chi connectivity index (χ2v) is 8.34. The molecular weight excluding hydrogens is 356 g/mol. The summed E-state index contributed by atoms with van der Waals surface area (Å²) in [5, 5.41) is 17.5. The van der Waals surface area contributed by atoms with Crippen LogP contribution in [0.3, 0.4) is 0 Å². The molecule has 1 aromatic heterocycles. The molecule has 7 nitrogen and oxygen atoms in total. The lowest BCUT2D eigenvalue weighted by Crippen LogP contribution is -2.39. The second-order valence-electron chi connectivity index (χ2n) is 8.34. The monoisotopic (exact) mass is 380 g/mol. The van der Waals surface area contributed by atoms with Crippen molar-refractivity contribution in [1.29, 1.82) is 0 Å². The van der Waals surface area contributed by atoms with E-state index in [1.807, 2.05) is 36.4 Å². The first-order valence-electron chi connectivity index (χ1n) is 10.0. The number of carboxylic acids is 1. The molecule has 146 valence electrons. The smallest absolute Gasteiger partial charge is 0.323 e. The zero-order valence-electron chi connectivity index (χ0n) is 15.7. The first-order chi connectivity index (χ1) is 13.6. The molecule has 2 aliphatic carbocycles. The number of carbonyl (C=O) groups is 2. The summed E-state index contributed by atoms with van der Waals surface area (Å²) in [5.41, 5.74) is 1.13. The summed E-state index contributed by atoms with van der Waals surface area (Å²) in [6.07, 6.45) is 4.73. The number of likely N-dealkylation sites (tertiary alicyclic amines) is 1. The SMILES string of the molecule is O=C(Nc1cc(C2CC2)nn1-c1ccccc1)N1C[C@@H]2CCC[C@@]2(C(=O)O)C1. The average molecular weight is 380 g/mol. The number of anilines is 1. The number of amides is 2. The standard InChI is InChI=1S/C21H24N4O3/c26-19(27)21-10-4-5-15(21)12-24(13-21)20(28)22-18-11-17(14-8-9-14)23-25(18)16-6-2-1-3-7-16/h1-3,6-7,11,14-15H,4-5,8-10,12-13H2,(H,22,28)(H,26,27)/t15-,21+/m0/s1. The highest BCUT2D eigenvalue weighted by Gasteiger charge is 2.55. The molecule has 0 radical (unpaired) electrons. The van der Waals surface area contributed by atoms with Gasteiger partial charge in [-0.1, -0.05) is 24.6 Å². The Bertz CT molecular complexity index is 921. The number of nitrogens with one attached hydrogen (secondary N) is 1. The summed E-state index contributed by atoms with van der Waals surface area (Å²) in [6.45, 7) is 0.793. The molecule has 3 fully saturated rings. The molecule has 7 heteroatoms. The fraction of sp³-hybridized carbons (Fsp3) is 0.476. The molecule has 1 aliphatic heterocycles. The van der Waals surface area contributed by atoms with E-state index >= 15 is 0 Å². The van der Waals surface area contributed by atoms with Gasteiger partial charge < -0.3 is 10.0 Å². The predicted octanol–water partition coefficient (Wildman–Crippen LogP) is 3.47. The molecule has 5 rings (SSSR count). The Labute approximate surface area is 163 Å². The van der Waals surface area contributed by atoms with Crippen LogP contribution in [-0.2, 0) is 4.79 Å². The Morgan fingerprint density at radius 3 is 2.64 bits per heavy atom. The summed E-state index contributed by atoms with van der Waals surface area (Å²) in [6, 6.07) is 11.5. The fourth-order valence-corrected chi connectivity index (χ4v) is 4.82. The molecule has 2 saturated carbocycles. The van der Waals surface area contributed by atoms with Crippen LogP contribution < -0.4 is 5.32 Å². The molecule has 2 aromatic rings. The molecule has 28 heavy (non-hydrogen) atoms. The van der Waals surface area contributed by atoms with Crippen molar-refractivity contribution in [3.05, 3.63) is 42.1 Å². The number of fused-ring (bicyclic) bond motifs is 1. The maximum absolute atomic E-state index is 13.0. The first kappa shape index (κ1) is 17.3. The van der Waals surface area contributed by atoms with E-state index in [4.69, 9.17) is 5.10 Å². The summed E-state index contributed by atoms with van der Waals surface area (Å²) >= 11 is 0. The maximum atomic E-state index is 13.0. The zero-order chi connectivity index (χ0) is 19.3. The highest BCUT2D eigenvalue weighted by molar-refractivity contribution is 5.90. The van der Waals surface area contributed by atoms with Crippen molar-refractivity contribution in [1.82, 2.24) is 14.7 Å². The van der Waals surface area contributed by atoms with Crippen LogP contribution in [0.1, 0.15) is 43.7 Å². The lowest BCUT2D eigenvalue weighted by molar-refractivity contribution is -0.149. The molecule has 2 N–H and O–H groups in total. The zero-order valence-corrected chi connectivity index (χ0v) is 15.7. The molecule has 1 saturated heterocycles. The Morgan fingerprint density at radius 2 is 1.96 bits per heavy atom. The van der Waals surface area contributed by atoms with Crippen molar-refractivity contribution in [3.63, 3.8) is 0 Å². The van der Waals surface area contributed by atoms with Gasteiger partial charge in [-0.05, 0) is 43.7 Å². The molecule has 0 spiro atoms. The number of aliphatic carboxylic acids is 1. The highest BCUT2D eigenvalue weighted by Crippen LogP contribution is 2.49. The number of hydrogen-bond acceptors (Lipinski definition) is 3. The van der Waals surface area contributed by atoms with Gasteiger partial charge in [-0.15, -0.1) is 0 Å². The van der Waals surface area contributed by atoms with E-state index in [-0.39, 0.29) is 18.5 Å². The topological polar surface area (TPSA) is 87.5 Å². The quantitative estimate of drug-likeness (QED) is 0.850. The van der Waals surface area contributed by atoms with E-state index < -0.39 is 11.4 Å². The van der Waals surface area contributed by atoms with Crippen LogP contribution in [0.25, 0.3) is 5.69 Å². The third-order valence-electron chi connectivity index (χ3n) is 6.54. The summed E-state index contributed by atoms with van der Waals surface area (Å²) in [7, 11) is 0. The lowest BCUT2D eigenvalue weighted by Gasteiger charge is -2.23. The molecular formula is C21H24N4O3. The lowest BCUT2D eigenvalue weighted by atomic mass is 9.81. The van der Waals surface area contributed by atoms with Gasteiger partial charge in [0.05, 0.1) is 16.8 Å². The Morgan fingerprint density at radius 1 is 1.18 bits per heavy atom. The van der Waals surface area contributed by atoms with Gasteiger partial charge in [0.15, 0.2) is 0 Å². The summed E-state index contributed by atoms with van der Waals surface area (Å²) < 4.78 is 1.77. The van der Waals surface area contributed by atoms with Gasteiger partial charge in [-0.25, -0.2) is 9.48 Å². The minimum atomic E-state index is -0.768. The van der Waals surface area contributed by atoms with Crippen molar-refractivity contribution in [2.75, 3.05) is 18.4 Å². The third-order valence-corrected chi connectivity index (χ3v) is 6.54. The molecule has 2 heterocycles. The molecule has 1 aromatic carbocycles. The minimum absolute atomic E-state index is 0.0526. The van der Waals surface area contributed by atoms with Crippen molar-refractivity contribution >= 4 is 17.8 Å². The van der Waals surface area contributed by atoms with E-state index in [2.05, 4.69) is 5.32 Å². The summed E-state index contributed by atoms with van der Waals surface area (Å²) in [5.74, 6) is 0.397. The average Bonchev–Trinajstić information content (AvgIpc) is 3.16. The largest absolute Gasteiger partial charge is 0.481 e. The third kappa shape index (κ3) is 2.77. The van der Waals surface area contributed by atoms with Crippen LogP contribution in [0, 0.1) is 11.3 Å². The molecule has 3 aliphatic rings. The van der Waals surface area contributed by atoms with Crippen molar-refractivity contribution in [3.8, 4) is 5.69 Å². The van der Waals surface area contributed by atoms with E-state index in [0.29, 0.717) is 24.7 Å². The minimum Gasteiger partial charge on any atom is -0.481 e. The fourth-order valence-electron chi connectivity index (χ4n) is 4.82. The van der Waals surface area contributed by atoms with Crippen molar-refractivity contribution in [2.45, 2.75) is 38.0 Å². The number of hydrogen-bond donors (Lipinski definition) is 2. The Kier molecular flexibility index (Phi) is 3.92. The number of para-hydroxylation sites is 1. The van der Waals surface area contributed by atoms with Gasteiger partial charge in [0.2, 0.25) is 0 Å². The van der Waals surface area contributed by atoms with Gasteiger partial charge in [-0.3, -0.25) is 10.1 Å². The van der Waals surface area contributed by atoms with Crippen molar-refractivity contribution < 1.29 is 14.7 Å². The number of carbonyl (C=O) groups excluding carboxylic acids is 1. The number of carboxylic acid groups (broad SMARTS) is 1. The molecule has 0 bridgehead atoms. The van der Waals surface area contributed by atoms with Gasteiger partial charge in [0, 0.05) is 25.1 Å².